The Balaban J connectivity index is 1.37. The number of ether oxygens (including phenoxy) is 2. The van der Waals surface area contributed by atoms with E-state index in [1.54, 1.807) is 60.7 Å². The third kappa shape index (κ3) is 6.14. The number of carbonyl (C=O) groups is 3. The van der Waals surface area contributed by atoms with Crippen LogP contribution in [0.1, 0.15) is 11.1 Å². The van der Waals surface area contributed by atoms with Crippen molar-refractivity contribution in [3.8, 4) is 11.5 Å². The SMILES string of the molecule is COc1ccccc1NC(=O)COc1ccc(/C=C2/SC(=O)N(Cc3ccccc3[N+](=O)[O-])C2=O)cc1. The van der Waals surface area contributed by atoms with Gasteiger partial charge >= 0.3 is 0 Å². The van der Waals surface area contributed by atoms with E-state index in [1.165, 1.54) is 25.3 Å². The minimum absolute atomic E-state index is 0.155. The van der Waals surface area contributed by atoms with Gasteiger partial charge in [0.05, 0.1) is 29.2 Å². The first-order chi connectivity index (χ1) is 17.9. The molecule has 188 valence electrons. The molecule has 3 aromatic carbocycles. The molecule has 1 aliphatic heterocycles. The van der Waals surface area contributed by atoms with Crippen LogP contribution in [0.25, 0.3) is 6.08 Å². The summed E-state index contributed by atoms with van der Waals surface area (Å²) in [7, 11) is 1.51. The van der Waals surface area contributed by atoms with Crippen molar-refractivity contribution in [2.24, 2.45) is 0 Å². The lowest BCUT2D eigenvalue weighted by atomic mass is 10.1. The van der Waals surface area contributed by atoms with Crippen molar-refractivity contribution in [1.29, 1.82) is 0 Å². The van der Waals surface area contributed by atoms with Crippen LogP contribution in [0.15, 0.2) is 77.7 Å². The maximum absolute atomic E-state index is 12.8. The maximum Gasteiger partial charge on any atom is 0.293 e. The molecule has 1 N–H and O–H groups in total. The maximum atomic E-state index is 12.8. The molecule has 0 bridgehead atoms. The van der Waals surface area contributed by atoms with Crippen LogP contribution < -0.4 is 14.8 Å². The Labute approximate surface area is 216 Å². The van der Waals surface area contributed by atoms with E-state index in [4.69, 9.17) is 9.47 Å². The summed E-state index contributed by atoms with van der Waals surface area (Å²) in [6, 6.07) is 19.6. The van der Waals surface area contributed by atoms with Crippen molar-refractivity contribution in [1.82, 2.24) is 4.90 Å². The summed E-state index contributed by atoms with van der Waals surface area (Å²) in [4.78, 5) is 49.4. The Bertz CT molecular complexity index is 1390. The molecule has 1 fully saturated rings. The zero-order chi connectivity index (χ0) is 26.4. The van der Waals surface area contributed by atoms with Gasteiger partial charge in [0.25, 0.3) is 22.7 Å². The number of nitro groups is 1. The highest BCUT2D eigenvalue weighted by atomic mass is 32.2. The summed E-state index contributed by atoms with van der Waals surface area (Å²) in [6.07, 6.45) is 1.56. The summed E-state index contributed by atoms with van der Waals surface area (Å²) in [6.45, 7) is -0.412. The summed E-state index contributed by atoms with van der Waals surface area (Å²) in [5.74, 6) is 0.0887. The molecule has 0 unspecified atom stereocenters. The molecule has 3 aromatic rings. The Hall–Kier alpha value is -4.64. The third-order valence-electron chi connectivity index (χ3n) is 5.32. The number of nitrogens with zero attached hydrogens (tertiary/aromatic N) is 2. The molecular formula is C26H21N3O7S. The molecule has 1 aliphatic rings. The lowest BCUT2D eigenvalue weighted by Crippen LogP contribution is -2.27. The Morgan fingerprint density at radius 3 is 2.49 bits per heavy atom. The highest BCUT2D eigenvalue weighted by Gasteiger charge is 2.36. The number of rotatable bonds is 9. The molecule has 0 radical (unpaired) electrons. The zero-order valence-corrected chi connectivity index (χ0v) is 20.4. The quantitative estimate of drug-likeness (QED) is 0.241. The van der Waals surface area contributed by atoms with E-state index in [0.29, 0.717) is 22.7 Å². The molecule has 1 saturated heterocycles. The average molecular weight is 520 g/mol. The number of para-hydroxylation sites is 3. The first-order valence-corrected chi connectivity index (χ1v) is 11.8. The number of nitro benzene ring substituents is 1. The van der Waals surface area contributed by atoms with Gasteiger partial charge in [-0.2, -0.15) is 0 Å². The van der Waals surface area contributed by atoms with Gasteiger partial charge in [-0.15, -0.1) is 0 Å². The van der Waals surface area contributed by atoms with Crippen molar-refractivity contribution in [3.05, 3.63) is 98.9 Å². The highest BCUT2D eigenvalue weighted by molar-refractivity contribution is 8.18. The lowest BCUT2D eigenvalue weighted by Gasteiger charge is -2.12. The van der Waals surface area contributed by atoms with Crippen LogP contribution in [-0.2, 0) is 16.1 Å². The molecule has 0 aliphatic carbocycles. The second kappa shape index (κ2) is 11.4. The van der Waals surface area contributed by atoms with Crippen molar-refractivity contribution in [2.45, 2.75) is 6.54 Å². The van der Waals surface area contributed by atoms with Gasteiger partial charge in [-0.1, -0.05) is 42.5 Å². The van der Waals surface area contributed by atoms with Crippen LogP contribution in [0, 0.1) is 10.1 Å². The lowest BCUT2D eigenvalue weighted by molar-refractivity contribution is -0.385. The zero-order valence-electron chi connectivity index (χ0n) is 19.6. The second-order valence-electron chi connectivity index (χ2n) is 7.76. The van der Waals surface area contributed by atoms with Crippen LogP contribution in [0.5, 0.6) is 11.5 Å². The molecule has 0 saturated carbocycles. The fourth-order valence-electron chi connectivity index (χ4n) is 3.52. The van der Waals surface area contributed by atoms with Crippen LogP contribution in [-0.4, -0.2) is 40.6 Å². The number of thioether (sulfide) groups is 1. The van der Waals surface area contributed by atoms with E-state index >= 15 is 0 Å². The van der Waals surface area contributed by atoms with Crippen molar-refractivity contribution < 1.29 is 28.8 Å². The van der Waals surface area contributed by atoms with Gasteiger partial charge in [0.15, 0.2) is 6.61 Å². The van der Waals surface area contributed by atoms with Gasteiger partial charge in [0.1, 0.15) is 11.5 Å². The summed E-state index contributed by atoms with van der Waals surface area (Å²) < 4.78 is 10.7. The minimum Gasteiger partial charge on any atom is -0.495 e. The van der Waals surface area contributed by atoms with E-state index in [2.05, 4.69) is 5.32 Å². The molecule has 0 spiro atoms. The number of hydrogen-bond donors (Lipinski definition) is 1. The molecule has 4 rings (SSSR count). The smallest absolute Gasteiger partial charge is 0.293 e. The van der Waals surface area contributed by atoms with Crippen molar-refractivity contribution >= 4 is 46.3 Å². The molecule has 0 aromatic heterocycles. The second-order valence-corrected chi connectivity index (χ2v) is 8.75. The van der Waals surface area contributed by atoms with E-state index in [-0.39, 0.29) is 35.2 Å². The van der Waals surface area contributed by atoms with Gasteiger partial charge in [0, 0.05) is 11.6 Å². The monoisotopic (exact) mass is 519 g/mol. The van der Waals surface area contributed by atoms with E-state index in [9.17, 15) is 24.5 Å². The summed E-state index contributed by atoms with van der Waals surface area (Å²) in [5, 5.41) is 13.5. The number of hydrogen-bond acceptors (Lipinski definition) is 8. The number of benzene rings is 3. The molecule has 0 atom stereocenters. The average Bonchev–Trinajstić information content (AvgIpc) is 3.16. The van der Waals surface area contributed by atoms with Crippen molar-refractivity contribution in [3.63, 3.8) is 0 Å². The van der Waals surface area contributed by atoms with E-state index in [0.717, 1.165) is 16.7 Å². The summed E-state index contributed by atoms with van der Waals surface area (Å²) in [5.41, 5.74) is 1.29. The van der Waals surface area contributed by atoms with Gasteiger partial charge in [-0.25, -0.2) is 0 Å². The summed E-state index contributed by atoms with van der Waals surface area (Å²) >= 11 is 0.767. The fourth-order valence-corrected chi connectivity index (χ4v) is 4.36. The Morgan fingerprint density at radius 2 is 1.76 bits per heavy atom. The van der Waals surface area contributed by atoms with Crippen LogP contribution in [0.3, 0.4) is 0 Å². The third-order valence-corrected chi connectivity index (χ3v) is 6.23. The first kappa shape index (κ1) is 25.5. The topological polar surface area (TPSA) is 128 Å². The van der Waals surface area contributed by atoms with Gasteiger partial charge in [0.2, 0.25) is 0 Å². The molecule has 37 heavy (non-hydrogen) atoms. The number of amides is 3. The number of imide groups is 1. The predicted octanol–water partition coefficient (Wildman–Crippen LogP) is 4.86. The number of anilines is 1. The standard InChI is InChI=1S/C26H21N3O7S/c1-35-22-9-5-3-7-20(22)27-24(30)16-36-19-12-10-17(11-13-19)14-23-25(31)28(26(32)37-23)15-18-6-2-4-8-21(18)29(33)34/h2-14H,15-16H2,1H3,(H,27,30)/b23-14+. The highest BCUT2D eigenvalue weighted by Crippen LogP contribution is 2.34. The molecule has 1 heterocycles. The van der Waals surface area contributed by atoms with Crippen molar-refractivity contribution in [2.75, 3.05) is 19.0 Å². The van der Waals surface area contributed by atoms with Gasteiger partial charge < -0.3 is 14.8 Å². The van der Waals surface area contributed by atoms with E-state index < -0.39 is 16.1 Å². The van der Waals surface area contributed by atoms with Gasteiger partial charge in [-0.3, -0.25) is 29.4 Å². The Morgan fingerprint density at radius 1 is 1.05 bits per heavy atom. The van der Waals surface area contributed by atoms with Crippen LogP contribution >= 0.6 is 11.8 Å². The van der Waals surface area contributed by atoms with Gasteiger partial charge in [-0.05, 0) is 47.7 Å². The van der Waals surface area contributed by atoms with Crippen LogP contribution in [0.4, 0.5) is 16.2 Å². The fraction of sp³-hybridized carbons (Fsp3) is 0.115. The molecule has 3 amide bonds. The number of carbonyl (C=O) groups excluding carboxylic acids is 3. The molecule has 11 heteroatoms. The van der Waals surface area contributed by atoms with Crippen LogP contribution in [0.2, 0.25) is 0 Å². The number of methoxy groups -OCH3 is 1. The number of nitrogens with one attached hydrogen (secondary N) is 1. The molecular weight excluding hydrogens is 498 g/mol. The Kier molecular flexibility index (Phi) is 7.84. The normalized spacial score (nSPS) is 14.1. The predicted molar refractivity (Wildman–Crippen MR) is 138 cm³/mol. The molecule has 10 nitrogen and oxygen atoms in total. The largest absolute Gasteiger partial charge is 0.495 e. The first-order valence-electron chi connectivity index (χ1n) is 11.0. The minimum atomic E-state index is -0.546. The van der Waals surface area contributed by atoms with E-state index in [1.807, 2.05) is 0 Å².